The fourth-order valence-electron chi connectivity index (χ4n) is 4.50. The van der Waals surface area contributed by atoms with Crippen LogP contribution in [0.5, 0.6) is 0 Å². The molecule has 0 radical (unpaired) electrons. The van der Waals surface area contributed by atoms with E-state index in [1.807, 2.05) is 25.1 Å². The lowest BCUT2D eigenvalue weighted by molar-refractivity contribution is -0.122. The van der Waals surface area contributed by atoms with Gasteiger partial charge in [0.25, 0.3) is 0 Å². The summed E-state index contributed by atoms with van der Waals surface area (Å²) in [5.41, 5.74) is 1.83. The van der Waals surface area contributed by atoms with Gasteiger partial charge in [-0.05, 0) is 67.3 Å². The molecule has 1 aliphatic heterocycles. The molecule has 0 bridgehead atoms. The van der Waals surface area contributed by atoms with Crippen LogP contribution in [-0.2, 0) is 26.0 Å². The maximum atomic E-state index is 13.1. The third kappa shape index (κ3) is 6.24. The number of hydrogen-bond donors (Lipinski definition) is 2. The number of rotatable bonds is 9. The zero-order valence-electron chi connectivity index (χ0n) is 19.6. The van der Waals surface area contributed by atoms with Crippen LogP contribution in [0.15, 0.2) is 59.5 Å². The lowest BCUT2D eigenvalue weighted by Crippen LogP contribution is -2.38. The molecular weight excluding hydrogens is 450 g/mol. The highest BCUT2D eigenvalue weighted by Crippen LogP contribution is 2.37. The topological polar surface area (TPSA) is 95.6 Å². The minimum Gasteiger partial charge on any atom is -0.355 e. The highest BCUT2D eigenvalue weighted by atomic mass is 32.2. The van der Waals surface area contributed by atoms with Crippen LogP contribution in [-0.4, -0.2) is 44.2 Å². The molecule has 2 aromatic carbocycles. The largest absolute Gasteiger partial charge is 0.355 e. The summed E-state index contributed by atoms with van der Waals surface area (Å²) in [6, 6.07) is 16.6. The Hall–Kier alpha value is -2.71. The van der Waals surface area contributed by atoms with Gasteiger partial charge in [0, 0.05) is 37.7 Å². The van der Waals surface area contributed by atoms with Gasteiger partial charge in [-0.3, -0.25) is 9.59 Å². The Morgan fingerprint density at radius 2 is 1.65 bits per heavy atom. The van der Waals surface area contributed by atoms with E-state index in [9.17, 15) is 18.0 Å². The van der Waals surface area contributed by atoms with Crippen LogP contribution in [0, 0.1) is 17.8 Å². The molecule has 2 unspecified atom stereocenters. The highest BCUT2D eigenvalue weighted by Gasteiger charge is 2.38. The Morgan fingerprint density at radius 3 is 2.26 bits per heavy atom. The Labute approximate surface area is 202 Å². The number of nitrogens with zero attached hydrogens (tertiary/aromatic N) is 1. The van der Waals surface area contributed by atoms with Crippen LogP contribution in [0.25, 0.3) is 0 Å². The number of benzene rings is 2. The molecule has 182 valence electrons. The summed E-state index contributed by atoms with van der Waals surface area (Å²) < 4.78 is 27.7. The van der Waals surface area contributed by atoms with E-state index in [1.165, 1.54) is 17.7 Å². The molecule has 2 atom stereocenters. The first-order valence-corrected chi connectivity index (χ1v) is 13.5. The van der Waals surface area contributed by atoms with Crippen LogP contribution < -0.4 is 10.6 Å². The average Bonchev–Trinajstić information content (AvgIpc) is 3.57. The average molecular weight is 484 g/mol. The second-order valence-electron chi connectivity index (χ2n) is 9.47. The lowest BCUT2D eigenvalue weighted by Gasteiger charge is -2.31. The summed E-state index contributed by atoms with van der Waals surface area (Å²) in [5, 5.41) is 5.55. The molecular formula is C26H33N3O4S. The van der Waals surface area contributed by atoms with Crippen LogP contribution in [0.1, 0.15) is 38.2 Å². The number of sulfonamides is 1. The van der Waals surface area contributed by atoms with E-state index >= 15 is 0 Å². The van der Waals surface area contributed by atoms with Gasteiger partial charge in [0.1, 0.15) is 0 Å². The number of nitrogens with one attached hydrogen (secondary N) is 2. The molecule has 0 aromatic heterocycles. The van der Waals surface area contributed by atoms with Crippen molar-refractivity contribution in [3.8, 4) is 0 Å². The van der Waals surface area contributed by atoms with Crippen LogP contribution >= 0.6 is 0 Å². The van der Waals surface area contributed by atoms with Gasteiger partial charge in [-0.15, -0.1) is 0 Å². The van der Waals surface area contributed by atoms with Crippen molar-refractivity contribution in [1.82, 2.24) is 9.62 Å². The SMILES string of the molecule is CC1CC1C(=O)NCCC(=O)Nc1ccc(S(=O)(=O)N2CCC(Cc3ccccc3)CC2)cc1. The molecule has 8 heteroatoms. The van der Waals surface area contributed by atoms with Crippen LogP contribution in [0.2, 0.25) is 0 Å². The minimum atomic E-state index is -3.56. The molecule has 2 aliphatic rings. The van der Waals surface area contributed by atoms with E-state index in [0.29, 0.717) is 37.2 Å². The maximum Gasteiger partial charge on any atom is 0.243 e. The molecule has 2 N–H and O–H groups in total. The molecule has 7 nitrogen and oxygen atoms in total. The van der Waals surface area contributed by atoms with E-state index in [1.54, 1.807) is 16.4 Å². The summed E-state index contributed by atoms with van der Waals surface area (Å²) in [6.07, 6.45) is 3.76. The minimum absolute atomic E-state index is 0.0129. The van der Waals surface area contributed by atoms with E-state index in [2.05, 4.69) is 22.8 Å². The van der Waals surface area contributed by atoms with Gasteiger partial charge in [-0.1, -0.05) is 37.3 Å². The summed E-state index contributed by atoms with van der Waals surface area (Å²) in [4.78, 5) is 24.2. The van der Waals surface area contributed by atoms with Crippen LogP contribution in [0.4, 0.5) is 5.69 Å². The molecule has 2 fully saturated rings. The van der Waals surface area contributed by atoms with Gasteiger partial charge >= 0.3 is 0 Å². The van der Waals surface area contributed by atoms with Crippen molar-refractivity contribution in [2.75, 3.05) is 25.0 Å². The molecule has 1 saturated heterocycles. The number of amides is 2. The van der Waals surface area contributed by atoms with E-state index in [-0.39, 0.29) is 29.0 Å². The van der Waals surface area contributed by atoms with Gasteiger partial charge in [0.2, 0.25) is 21.8 Å². The van der Waals surface area contributed by atoms with E-state index < -0.39 is 10.0 Å². The second-order valence-corrected chi connectivity index (χ2v) is 11.4. The predicted molar refractivity (Wildman–Crippen MR) is 132 cm³/mol. The van der Waals surface area contributed by atoms with Crippen molar-refractivity contribution in [2.24, 2.45) is 17.8 Å². The Balaban J connectivity index is 1.24. The summed E-state index contributed by atoms with van der Waals surface area (Å²) in [5.74, 6) is 0.805. The van der Waals surface area contributed by atoms with E-state index in [0.717, 1.165) is 25.7 Å². The lowest BCUT2D eigenvalue weighted by atomic mass is 9.91. The number of carbonyl (C=O) groups excluding carboxylic acids is 2. The molecule has 1 aliphatic carbocycles. The molecule has 2 amide bonds. The first-order chi connectivity index (χ1) is 16.3. The van der Waals surface area contributed by atoms with Gasteiger partial charge in [-0.2, -0.15) is 4.31 Å². The standard InChI is InChI=1S/C26H33N3O4S/c1-19-17-24(19)26(31)27-14-11-25(30)28-22-7-9-23(10-8-22)34(32,33)29-15-12-21(13-16-29)18-20-5-3-2-4-6-20/h2-10,19,21,24H,11-18H2,1H3,(H,27,31)(H,28,30). The quantitative estimate of drug-likeness (QED) is 0.571. The highest BCUT2D eigenvalue weighted by molar-refractivity contribution is 7.89. The van der Waals surface area contributed by atoms with Crippen molar-refractivity contribution >= 4 is 27.5 Å². The third-order valence-electron chi connectivity index (χ3n) is 6.81. The van der Waals surface area contributed by atoms with Gasteiger partial charge < -0.3 is 10.6 Å². The molecule has 4 rings (SSSR count). The van der Waals surface area contributed by atoms with Gasteiger partial charge in [-0.25, -0.2) is 8.42 Å². The Morgan fingerprint density at radius 1 is 1.00 bits per heavy atom. The molecule has 2 aromatic rings. The summed E-state index contributed by atoms with van der Waals surface area (Å²) in [7, 11) is -3.56. The van der Waals surface area contributed by atoms with Crippen molar-refractivity contribution in [3.05, 3.63) is 60.2 Å². The summed E-state index contributed by atoms with van der Waals surface area (Å²) >= 11 is 0. The number of piperidine rings is 1. The number of hydrogen-bond acceptors (Lipinski definition) is 4. The zero-order valence-corrected chi connectivity index (χ0v) is 20.4. The number of carbonyl (C=O) groups is 2. The summed E-state index contributed by atoms with van der Waals surface area (Å²) in [6.45, 7) is 3.36. The molecule has 0 spiro atoms. The Bertz CT molecular complexity index is 1090. The van der Waals surface area contributed by atoms with Crippen LogP contribution in [0.3, 0.4) is 0 Å². The second kappa shape index (κ2) is 10.7. The maximum absolute atomic E-state index is 13.1. The monoisotopic (exact) mass is 483 g/mol. The molecule has 1 heterocycles. The Kier molecular flexibility index (Phi) is 7.68. The zero-order chi connectivity index (χ0) is 24.1. The molecule has 1 saturated carbocycles. The number of anilines is 1. The van der Waals surface area contributed by atoms with Crippen molar-refractivity contribution < 1.29 is 18.0 Å². The normalized spacial score (nSPS) is 21.1. The predicted octanol–water partition coefficient (Wildman–Crippen LogP) is 3.43. The van der Waals surface area contributed by atoms with Gasteiger partial charge in [0.05, 0.1) is 4.90 Å². The van der Waals surface area contributed by atoms with Crippen molar-refractivity contribution in [1.29, 1.82) is 0 Å². The fraction of sp³-hybridized carbons (Fsp3) is 0.462. The fourth-order valence-corrected chi connectivity index (χ4v) is 5.97. The first kappa shape index (κ1) is 24.4. The van der Waals surface area contributed by atoms with E-state index in [4.69, 9.17) is 0 Å². The first-order valence-electron chi connectivity index (χ1n) is 12.0. The van der Waals surface area contributed by atoms with Crippen molar-refractivity contribution in [2.45, 2.75) is 43.9 Å². The van der Waals surface area contributed by atoms with Gasteiger partial charge in [0.15, 0.2) is 0 Å². The van der Waals surface area contributed by atoms with Crippen molar-refractivity contribution in [3.63, 3.8) is 0 Å². The smallest absolute Gasteiger partial charge is 0.243 e. The molecule has 34 heavy (non-hydrogen) atoms. The third-order valence-corrected chi connectivity index (χ3v) is 8.73.